The highest BCUT2D eigenvalue weighted by atomic mass is 35.5. The first-order chi connectivity index (χ1) is 18.0. The summed E-state index contributed by atoms with van der Waals surface area (Å²) in [6, 6.07) is 17.7. The summed E-state index contributed by atoms with van der Waals surface area (Å²) in [4.78, 5) is 28.6. The van der Waals surface area contributed by atoms with E-state index in [4.69, 9.17) is 32.4 Å². The predicted molar refractivity (Wildman–Crippen MR) is 143 cm³/mol. The van der Waals surface area contributed by atoms with Crippen LogP contribution in [-0.2, 0) is 17.7 Å². The van der Waals surface area contributed by atoms with Gasteiger partial charge in [0.2, 0.25) is 0 Å². The molecule has 0 saturated heterocycles. The molecule has 10 heteroatoms. The fraction of sp³-hybridized carbons (Fsp3) is 0.148. The zero-order chi connectivity index (χ0) is 26.2. The highest BCUT2D eigenvalue weighted by Crippen LogP contribution is 2.32. The Morgan fingerprint density at radius 1 is 1.08 bits per heavy atom. The minimum Gasteiger partial charge on any atom is -0.467 e. The smallest absolute Gasteiger partial charge is 0.340 e. The topological polar surface area (TPSA) is 109 Å². The Kier molecular flexibility index (Phi) is 8.66. The molecule has 2 aromatic heterocycles. The molecule has 0 aliphatic heterocycles. The lowest BCUT2D eigenvalue weighted by Gasteiger charge is -2.09. The van der Waals surface area contributed by atoms with Crippen molar-refractivity contribution in [1.82, 2.24) is 15.7 Å². The molecule has 2 aromatic carbocycles. The lowest BCUT2D eigenvalue weighted by atomic mass is 9.98. The number of nitrogens with zero attached hydrogens (tertiary/aromatic N) is 1. The van der Waals surface area contributed by atoms with Gasteiger partial charge < -0.3 is 19.5 Å². The van der Waals surface area contributed by atoms with E-state index < -0.39 is 12.0 Å². The second-order valence-corrected chi connectivity index (χ2v) is 8.73. The van der Waals surface area contributed by atoms with E-state index in [2.05, 4.69) is 20.8 Å². The van der Waals surface area contributed by atoms with E-state index in [1.165, 1.54) is 12.5 Å². The van der Waals surface area contributed by atoms with Gasteiger partial charge in [0.15, 0.2) is 0 Å². The summed E-state index contributed by atoms with van der Waals surface area (Å²) in [7, 11) is 0. The number of aromatic amines is 1. The molecule has 3 N–H and O–H groups in total. The predicted octanol–water partition coefficient (Wildman–Crippen LogP) is 6.18. The SMILES string of the molecule is CCOC(=O)c1c(-c2ccccc2)[nH]c(/C=N\NC(=O)NCc2ccco2)c1Cc1ccc(Cl)c(Cl)c1. The van der Waals surface area contributed by atoms with Crippen molar-refractivity contribution < 1.29 is 18.7 Å². The highest BCUT2D eigenvalue weighted by Gasteiger charge is 2.25. The maximum Gasteiger partial charge on any atom is 0.340 e. The Morgan fingerprint density at radius 3 is 2.59 bits per heavy atom. The Balaban J connectivity index is 1.68. The number of carbonyl (C=O) groups is 2. The first-order valence-corrected chi connectivity index (χ1v) is 12.2. The van der Waals surface area contributed by atoms with Gasteiger partial charge in [0.05, 0.1) is 52.6 Å². The summed E-state index contributed by atoms with van der Waals surface area (Å²) in [6.07, 6.45) is 3.31. The van der Waals surface area contributed by atoms with Crippen molar-refractivity contribution in [3.63, 3.8) is 0 Å². The molecule has 0 aliphatic carbocycles. The standard InChI is InChI=1S/C27H24Cl2N4O4/c1-2-36-26(34)24-20(13-17-10-11-21(28)22(29)14-17)23(32-25(24)18-7-4-3-5-8-18)16-31-33-27(35)30-15-19-9-6-12-37-19/h3-12,14,16,32H,2,13,15H2,1H3,(H2,30,33,35)/b31-16-. The van der Waals surface area contributed by atoms with E-state index in [9.17, 15) is 9.59 Å². The molecule has 2 heterocycles. The fourth-order valence-electron chi connectivity index (χ4n) is 3.73. The monoisotopic (exact) mass is 538 g/mol. The van der Waals surface area contributed by atoms with E-state index >= 15 is 0 Å². The third-order valence-corrected chi connectivity index (χ3v) is 6.15. The van der Waals surface area contributed by atoms with Gasteiger partial charge in [-0.3, -0.25) is 0 Å². The van der Waals surface area contributed by atoms with Gasteiger partial charge in [-0.25, -0.2) is 15.0 Å². The first kappa shape index (κ1) is 26.1. The number of furan rings is 1. The lowest BCUT2D eigenvalue weighted by Crippen LogP contribution is -2.31. The Hall–Kier alpha value is -4.01. The van der Waals surface area contributed by atoms with E-state index in [1.54, 1.807) is 31.2 Å². The Labute approximate surface area is 223 Å². The molecule has 4 aromatic rings. The van der Waals surface area contributed by atoms with Crippen LogP contribution in [-0.4, -0.2) is 29.8 Å². The molecule has 0 fully saturated rings. The summed E-state index contributed by atoms with van der Waals surface area (Å²) in [5.74, 6) is 0.135. The average molecular weight is 539 g/mol. The van der Waals surface area contributed by atoms with E-state index in [-0.39, 0.29) is 13.2 Å². The number of carbonyl (C=O) groups excluding carboxylic acids is 2. The van der Waals surface area contributed by atoms with Crippen LogP contribution >= 0.6 is 23.2 Å². The number of halogens is 2. The molecule has 0 saturated carbocycles. The number of hydrazone groups is 1. The maximum atomic E-state index is 13.1. The number of benzene rings is 2. The van der Waals surface area contributed by atoms with Gasteiger partial charge in [-0.05, 0) is 47.9 Å². The van der Waals surface area contributed by atoms with Crippen molar-refractivity contribution in [2.75, 3.05) is 6.61 Å². The molecular weight excluding hydrogens is 515 g/mol. The Morgan fingerprint density at radius 2 is 1.89 bits per heavy atom. The third kappa shape index (κ3) is 6.61. The minimum atomic E-state index is -0.515. The summed E-state index contributed by atoms with van der Waals surface area (Å²) in [5, 5.41) is 7.56. The van der Waals surface area contributed by atoms with Crippen LogP contribution in [0.1, 0.15) is 39.9 Å². The second-order valence-electron chi connectivity index (χ2n) is 7.91. The molecule has 0 spiro atoms. The van der Waals surface area contributed by atoms with Crippen molar-refractivity contribution in [2.45, 2.75) is 19.9 Å². The van der Waals surface area contributed by atoms with Crippen molar-refractivity contribution in [3.8, 4) is 11.3 Å². The number of hydrogen-bond acceptors (Lipinski definition) is 5. The molecule has 4 rings (SSSR count). The van der Waals surface area contributed by atoms with Gasteiger partial charge >= 0.3 is 12.0 Å². The molecule has 37 heavy (non-hydrogen) atoms. The van der Waals surface area contributed by atoms with Gasteiger partial charge in [0.1, 0.15) is 5.76 Å². The number of nitrogens with one attached hydrogen (secondary N) is 3. The van der Waals surface area contributed by atoms with Gasteiger partial charge in [-0.2, -0.15) is 5.10 Å². The molecule has 8 nitrogen and oxygen atoms in total. The van der Waals surface area contributed by atoms with Crippen LogP contribution in [0.2, 0.25) is 10.0 Å². The number of hydrogen-bond donors (Lipinski definition) is 3. The van der Waals surface area contributed by atoms with Crippen LogP contribution in [0, 0.1) is 0 Å². The zero-order valence-electron chi connectivity index (χ0n) is 19.9. The number of H-pyrrole nitrogens is 1. The number of aromatic nitrogens is 1. The van der Waals surface area contributed by atoms with Crippen LogP contribution in [0.25, 0.3) is 11.3 Å². The second kappa shape index (κ2) is 12.3. The molecule has 2 amide bonds. The summed E-state index contributed by atoms with van der Waals surface area (Å²) in [6.45, 7) is 2.18. The first-order valence-electron chi connectivity index (χ1n) is 11.5. The van der Waals surface area contributed by atoms with Crippen LogP contribution in [0.4, 0.5) is 4.79 Å². The quantitative estimate of drug-likeness (QED) is 0.134. The largest absolute Gasteiger partial charge is 0.467 e. The minimum absolute atomic E-state index is 0.213. The van der Waals surface area contributed by atoms with Gasteiger partial charge in [-0.1, -0.05) is 59.6 Å². The maximum absolute atomic E-state index is 13.1. The van der Waals surface area contributed by atoms with Crippen LogP contribution in [0.3, 0.4) is 0 Å². The number of rotatable bonds is 9. The zero-order valence-corrected chi connectivity index (χ0v) is 21.4. The molecule has 0 aliphatic rings. The van der Waals surface area contributed by atoms with Crippen molar-refractivity contribution in [3.05, 3.63) is 105 Å². The van der Waals surface area contributed by atoms with E-state index in [0.717, 1.165) is 11.1 Å². The number of ether oxygens (including phenoxy) is 1. The normalized spacial score (nSPS) is 11.0. The molecule has 0 bridgehead atoms. The average Bonchev–Trinajstić information content (AvgIpc) is 3.54. The lowest BCUT2D eigenvalue weighted by molar-refractivity contribution is 0.0526. The van der Waals surface area contributed by atoms with Crippen molar-refractivity contribution >= 4 is 41.4 Å². The van der Waals surface area contributed by atoms with E-state index in [0.29, 0.717) is 44.7 Å². The summed E-state index contributed by atoms with van der Waals surface area (Å²) < 4.78 is 10.6. The molecule has 0 radical (unpaired) electrons. The van der Waals surface area contributed by atoms with Gasteiger partial charge in [-0.15, -0.1) is 0 Å². The van der Waals surface area contributed by atoms with Gasteiger partial charge in [0.25, 0.3) is 0 Å². The van der Waals surface area contributed by atoms with Crippen molar-refractivity contribution in [1.29, 1.82) is 0 Å². The summed E-state index contributed by atoms with van der Waals surface area (Å²) >= 11 is 12.3. The van der Waals surface area contributed by atoms with Crippen LogP contribution < -0.4 is 10.7 Å². The van der Waals surface area contributed by atoms with E-state index in [1.807, 2.05) is 36.4 Å². The Bertz CT molecular complexity index is 1400. The van der Waals surface area contributed by atoms with Crippen molar-refractivity contribution in [2.24, 2.45) is 5.10 Å². The third-order valence-electron chi connectivity index (χ3n) is 5.41. The fourth-order valence-corrected chi connectivity index (χ4v) is 4.05. The molecule has 0 unspecified atom stereocenters. The van der Waals surface area contributed by atoms with Gasteiger partial charge in [0, 0.05) is 6.42 Å². The van der Waals surface area contributed by atoms with Crippen LogP contribution in [0.5, 0.6) is 0 Å². The number of esters is 1. The molecule has 190 valence electrons. The highest BCUT2D eigenvalue weighted by molar-refractivity contribution is 6.42. The molecular formula is C27H24Cl2N4O4. The number of urea groups is 1. The van der Waals surface area contributed by atoms with Crippen LogP contribution in [0.15, 0.2) is 76.4 Å². The molecule has 0 atom stereocenters. The number of amides is 2. The summed E-state index contributed by atoms with van der Waals surface area (Å²) in [5.41, 5.74) is 6.18.